The van der Waals surface area contributed by atoms with Gasteiger partial charge in [-0.1, -0.05) is 0 Å². The summed E-state index contributed by atoms with van der Waals surface area (Å²) in [6.45, 7) is 4.70. The number of nitrogens with zero attached hydrogens (tertiary/aromatic N) is 1. The molecule has 0 radical (unpaired) electrons. The number of aliphatic hydroxyl groups excluding tert-OH is 1. The molecule has 0 aromatic heterocycles. The van der Waals surface area contributed by atoms with Crippen LogP contribution in [0.5, 0.6) is 0 Å². The van der Waals surface area contributed by atoms with Crippen LogP contribution in [-0.4, -0.2) is 48.8 Å². The third-order valence-electron chi connectivity index (χ3n) is 2.71. The predicted octanol–water partition coefficient (Wildman–Crippen LogP) is 0.0510. The molecule has 0 aromatic carbocycles. The average molecular weight is 172 g/mol. The molecule has 0 spiro atoms. The maximum Gasteiger partial charge on any atom is 0.0586 e. The summed E-state index contributed by atoms with van der Waals surface area (Å²) in [5.74, 6) is 0. The minimum atomic E-state index is 0.316. The van der Waals surface area contributed by atoms with Crippen molar-refractivity contribution in [1.29, 1.82) is 0 Å². The monoisotopic (exact) mass is 172 g/mol. The van der Waals surface area contributed by atoms with E-state index in [9.17, 15) is 0 Å². The van der Waals surface area contributed by atoms with Crippen molar-refractivity contribution < 1.29 is 5.11 Å². The van der Waals surface area contributed by atoms with E-state index in [0.717, 1.165) is 19.5 Å². The molecule has 1 aliphatic rings. The third-order valence-corrected chi connectivity index (χ3v) is 2.71. The second-order valence-corrected chi connectivity index (χ2v) is 3.66. The molecule has 1 fully saturated rings. The van der Waals surface area contributed by atoms with E-state index < -0.39 is 0 Å². The minimum Gasteiger partial charge on any atom is -0.395 e. The third kappa shape index (κ3) is 2.44. The summed E-state index contributed by atoms with van der Waals surface area (Å²) >= 11 is 0. The van der Waals surface area contributed by atoms with E-state index in [1.807, 2.05) is 7.05 Å². The van der Waals surface area contributed by atoms with Crippen molar-refractivity contribution in [3.8, 4) is 0 Å². The predicted molar refractivity (Wildman–Crippen MR) is 50.2 cm³/mol. The van der Waals surface area contributed by atoms with Gasteiger partial charge in [0.05, 0.1) is 6.61 Å². The van der Waals surface area contributed by atoms with Crippen LogP contribution in [0.25, 0.3) is 0 Å². The van der Waals surface area contributed by atoms with Crippen LogP contribution in [0.4, 0.5) is 0 Å². The van der Waals surface area contributed by atoms with Gasteiger partial charge in [0.2, 0.25) is 0 Å². The summed E-state index contributed by atoms with van der Waals surface area (Å²) in [5, 5.41) is 12.3. The molecule has 0 aromatic rings. The van der Waals surface area contributed by atoms with Gasteiger partial charge < -0.3 is 10.4 Å². The second kappa shape index (κ2) is 4.80. The first kappa shape index (κ1) is 9.96. The first-order chi connectivity index (χ1) is 5.77. The number of rotatable bonds is 4. The van der Waals surface area contributed by atoms with Gasteiger partial charge in [-0.15, -0.1) is 0 Å². The molecule has 12 heavy (non-hydrogen) atoms. The number of likely N-dealkylation sites (tertiary alicyclic amines) is 1. The largest absolute Gasteiger partial charge is 0.395 e. The van der Waals surface area contributed by atoms with Gasteiger partial charge in [-0.05, 0) is 33.4 Å². The molecule has 1 heterocycles. The van der Waals surface area contributed by atoms with Crippen LogP contribution in [-0.2, 0) is 0 Å². The van der Waals surface area contributed by atoms with Crippen molar-refractivity contribution in [3.63, 3.8) is 0 Å². The first-order valence-electron chi connectivity index (χ1n) is 4.80. The summed E-state index contributed by atoms with van der Waals surface area (Å²) in [5.41, 5.74) is 0. The lowest BCUT2D eigenvalue weighted by Crippen LogP contribution is -2.41. The molecule has 2 atom stereocenters. The maximum atomic E-state index is 9.06. The van der Waals surface area contributed by atoms with Gasteiger partial charge in [0, 0.05) is 18.6 Å². The fraction of sp³-hybridized carbons (Fsp3) is 1.00. The Morgan fingerprint density at radius 1 is 1.67 bits per heavy atom. The minimum absolute atomic E-state index is 0.316. The van der Waals surface area contributed by atoms with Gasteiger partial charge in [0.15, 0.2) is 0 Å². The highest BCUT2D eigenvalue weighted by molar-refractivity contribution is 4.80. The van der Waals surface area contributed by atoms with Crippen molar-refractivity contribution in [2.45, 2.75) is 31.8 Å². The number of nitrogens with one attached hydrogen (secondary N) is 1. The second-order valence-electron chi connectivity index (χ2n) is 3.66. The zero-order valence-corrected chi connectivity index (χ0v) is 8.08. The Kier molecular flexibility index (Phi) is 3.98. The number of likely N-dealkylation sites (N-methyl/N-ethyl adjacent to an activating group) is 1. The summed E-state index contributed by atoms with van der Waals surface area (Å²) < 4.78 is 0. The van der Waals surface area contributed by atoms with Gasteiger partial charge in [0.25, 0.3) is 0 Å². The van der Waals surface area contributed by atoms with Crippen LogP contribution < -0.4 is 5.32 Å². The molecule has 1 saturated heterocycles. The lowest BCUT2D eigenvalue weighted by Gasteiger charge is -2.25. The van der Waals surface area contributed by atoms with Gasteiger partial charge in [0.1, 0.15) is 0 Å². The quantitative estimate of drug-likeness (QED) is 0.629. The SMILES string of the molecule is CNC(C)CN1CCCC1CO. The molecule has 72 valence electrons. The Hall–Kier alpha value is -0.120. The summed E-state index contributed by atoms with van der Waals surface area (Å²) in [6.07, 6.45) is 2.40. The Morgan fingerprint density at radius 2 is 2.42 bits per heavy atom. The van der Waals surface area contributed by atoms with E-state index in [-0.39, 0.29) is 0 Å². The molecule has 1 aliphatic heterocycles. The molecule has 0 amide bonds. The molecule has 2 unspecified atom stereocenters. The van der Waals surface area contributed by atoms with Crippen molar-refractivity contribution in [2.75, 3.05) is 26.7 Å². The van der Waals surface area contributed by atoms with Gasteiger partial charge in [-0.25, -0.2) is 0 Å². The van der Waals surface area contributed by atoms with Crippen molar-refractivity contribution in [3.05, 3.63) is 0 Å². The molecular weight excluding hydrogens is 152 g/mol. The Morgan fingerprint density at radius 3 is 3.00 bits per heavy atom. The lowest BCUT2D eigenvalue weighted by atomic mass is 10.2. The van der Waals surface area contributed by atoms with Crippen LogP contribution in [0.1, 0.15) is 19.8 Å². The van der Waals surface area contributed by atoms with Crippen LogP contribution in [0.15, 0.2) is 0 Å². The number of aliphatic hydroxyl groups is 1. The Balaban J connectivity index is 2.30. The van der Waals surface area contributed by atoms with Gasteiger partial charge in [-0.2, -0.15) is 0 Å². The van der Waals surface area contributed by atoms with Crippen molar-refractivity contribution >= 4 is 0 Å². The fourth-order valence-electron chi connectivity index (χ4n) is 1.79. The normalized spacial score (nSPS) is 27.8. The molecule has 2 N–H and O–H groups in total. The Bertz CT molecular complexity index is 130. The molecule has 0 bridgehead atoms. The first-order valence-corrected chi connectivity index (χ1v) is 4.80. The van der Waals surface area contributed by atoms with E-state index in [2.05, 4.69) is 17.1 Å². The maximum absolute atomic E-state index is 9.06. The highest BCUT2D eigenvalue weighted by Crippen LogP contribution is 2.16. The van der Waals surface area contributed by atoms with E-state index in [0.29, 0.717) is 18.7 Å². The van der Waals surface area contributed by atoms with Crippen LogP contribution in [0.3, 0.4) is 0 Å². The van der Waals surface area contributed by atoms with E-state index in [4.69, 9.17) is 5.11 Å². The molecule has 0 saturated carbocycles. The van der Waals surface area contributed by atoms with E-state index >= 15 is 0 Å². The average Bonchev–Trinajstić information content (AvgIpc) is 2.51. The summed E-state index contributed by atoms with van der Waals surface area (Å²) in [4.78, 5) is 2.38. The fourth-order valence-corrected chi connectivity index (χ4v) is 1.79. The summed E-state index contributed by atoms with van der Waals surface area (Å²) in [7, 11) is 1.98. The molecular formula is C9H20N2O. The summed E-state index contributed by atoms with van der Waals surface area (Å²) in [6, 6.07) is 0.943. The van der Waals surface area contributed by atoms with Gasteiger partial charge >= 0.3 is 0 Å². The van der Waals surface area contributed by atoms with Crippen molar-refractivity contribution in [2.24, 2.45) is 0 Å². The van der Waals surface area contributed by atoms with Crippen molar-refractivity contribution in [1.82, 2.24) is 10.2 Å². The van der Waals surface area contributed by atoms with Gasteiger partial charge in [-0.3, -0.25) is 4.90 Å². The highest BCUT2D eigenvalue weighted by atomic mass is 16.3. The number of hydrogen-bond donors (Lipinski definition) is 2. The smallest absolute Gasteiger partial charge is 0.0586 e. The zero-order chi connectivity index (χ0) is 8.97. The Labute approximate surface area is 74.8 Å². The van der Waals surface area contributed by atoms with Crippen LogP contribution >= 0.6 is 0 Å². The molecule has 0 aliphatic carbocycles. The number of hydrogen-bond acceptors (Lipinski definition) is 3. The molecule has 1 rings (SSSR count). The van der Waals surface area contributed by atoms with Crippen LogP contribution in [0.2, 0.25) is 0 Å². The van der Waals surface area contributed by atoms with Crippen LogP contribution in [0, 0.1) is 0 Å². The zero-order valence-electron chi connectivity index (χ0n) is 8.08. The molecule has 3 nitrogen and oxygen atoms in total. The highest BCUT2D eigenvalue weighted by Gasteiger charge is 2.24. The standard InChI is InChI=1S/C9H20N2O/c1-8(10-2)6-11-5-3-4-9(11)7-12/h8-10,12H,3-7H2,1-2H3. The topological polar surface area (TPSA) is 35.5 Å². The van der Waals surface area contributed by atoms with E-state index in [1.165, 1.54) is 6.42 Å². The van der Waals surface area contributed by atoms with E-state index in [1.54, 1.807) is 0 Å². The molecule has 3 heteroatoms. The lowest BCUT2D eigenvalue weighted by molar-refractivity contribution is 0.151.